The first-order chi connectivity index (χ1) is 6.77. The molecule has 76 valence electrons. The number of thiazole rings is 1. The fourth-order valence-corrected chi connectivity index (χ4v) is 2.89. The van der Waals surface area contributed by atoms with Crippen LogP contribution in [0.3, 0.4) is 0 Å². The van der Waals surface area contributed by atoms with Gasteiger partial charge in [-0.1, -0.05) is 19.3 Å². The number of hydrogen-bond acceptors (Lipinski definition) is 3. The molecule has 14 heavy (non-hydrogen) atoms. The maximum absolute atomic E-state index is 10.6. The van der Waals surface area contributed by atoms with Gasteiger partial charge in [0.2, 0.25) is 5.01 Å². The maximum Gasteiger partial charge on any atom is 0.365 e. The first kappa shape index (κ1) is 9.65. The van der Waals surface area contributed by atoms with Crippen LogP contribution < -0.4 is 0 Å². The third kappa shape index (κ3) is 1.95. The van der Waals surface area contributed by atoms with Crippen LogP contribution in [0.2, 0.25) is 0 Å². The Bertz CT molecular complexity index is 329. The van der Waals surface area contributed by atoms with Gasteiger partial charge in [-0.25, -0.2) is 9.78 Å². The van der Waals surface area contributed by atoms with E-state index in [4.69, 9.17) is 5.11 Å². The van der Waals surface area contributed by atoms with E-state index in [2.05, 4.69) is 4.98 Å². The molecular formula is C10H13NO2S. The SMILES string of the molecule is O=C(O)c1ncc(C2CCCCC2)s1. The van der Waals surface area contributed by atoms with Gasteiger partial charge in [0, 0.05) is 11.1 Å². The molecule has 3 nitrogen and oxygen atoms in total. The average molecular weight is 211 g/mol. The molecule has 0 aliphatic heterocycles. The zero-order valence-electron chi connectivity index (χ0n) is 7.90. The number of carbonyl (C=O) groups is 1. The van der Waals surface area contributed by atoms with Crippen LogP contribution in [0.5, 0.6) is 0 Å². The Morgan fingerprint density at radius 1 is 1.43 bits per heavy atom. The number of aromatic carboxylic acids is 1. The van der Waals surface area contributed by atoms with Crippen molar-refractivity contribution in [1.82, 2.24) is 4.98 Å². The second kappa shape index (κ2) is 4.09. The summed E-state index contributed by atoms with van der Waals surface area (Å²) in [5, 5.41) is 8.97. The minimum absolute atomic E-state index is 0.227. The van der Waals surface area contributed by atoms with Crippen LogP contribution >= 0.6 is 11.3 Å². The molecule has 1 aliphatic carbocycles. The lowest BCUT2D eigenvalue weighted by atomic mass is 9.89. The zero-order valence-corrected chi connectivity index (χ0v) is 8.72. The van der Waals surface area contributed by atoms with Crippen molar-refractivity contribution in [2.24, 2.45) is 0 Å². The minimum atomic E-state index is -0.906. The Balaban J connectivity index is 2.11. The van der Waals surface area contributed by atoms with Gasteiger partial charge in [-0.2, -0.15) is 0 Å². The van der Waals surface area contributed by atoms with Crippen LogP contribution in [-0.4, -0.2) is 16.1 Å². The van der Waals surface area contributed by atoms with E-state index in [1.807, 2.05) is 0 Å². The standard InChI is InChI=1S/C10H13NO2S/c12-10(13)9-11-6-8(14-9)7-4-2-1-3-5-7/h6-7H,1-5H2,(H,12,13). The number of aromatic nitrogens is 1. The molecule has 1 saturated carbocycles. The van der Waals surface area contributed by atoms with Crippen LogP contribution in [0.1, 0.15) is 52.7 Å². The van der Waals surface area contributed by atoms with Gasteiger partial charge < -0.3 is 5.11 Å². The first-order valence-corrected chi connectivity index (χ1v) is 5.78. The van der Waals surface area contributed by atoms with Gasteiger partial charge in [0.15, 0.2) is 0 Å². The minimum Gasteiger partial charge on any atom is -0.476 e. The Kier molecular flexibility index (Phi) is 2.82. The Labute approximate surface area is 86.8 Å². The summed E-state index contributed by atoms with van der Waals surface area (Å²) >= 11 is 1.34. The Morgan fingerprint density at radius 3 is 2.71 bits per heavy atom. The predicted molar refractivity (Wildman–Crippen MR) is 54.9 cm³/mol. The van der Waals surface area contributed by atoms with Crippen molar-refractivity contribution in [3.63, 3.8) is 0 Å². The molecule has 1 aliphatic rings. The molecule has 0 saturated heterocycles. The molecule has 4 heteroatoms. The van der Waals surface area contributed by atoms with Crippen LogP contribution in [-0.2, 0) is 0 Å². The lowest BCUT2D eigenvalue weighted by molar-refractivity contribution is 0.0696. The van der Waals surface area contributed by atoms with E-state index in [-0.39, 0.29) is 5.01 Å². The number of carboxylic acids is 1. The highest BCUT2D eigenvalue weighted by molar-refractivity contribution is 7.13. The summed E-state index contributed by atoms with van der Waals surface area (Å²) < 4.78 is 0. The van der Waals surface area contributed by atoms with Gasteiger partial charge in [0.1, 0.15) is 0 Å². The van der Waals surface area contributed by atoms with Gasteiger partial charge in [-0.3, -0.25) is 0 Å². The maximum atomic E-state index is 10.6. The van der Waals surface area contributed by atoms with Gasteiger partial charge in [-0.05, 0) is 18.8 Å². The molecule has 0 aromatic carbocycles. The molecule has 2 rings (SSSR count). The molecule has 1 aromatic rings. The summed E-state index contributed by atoms with van der Waals surface area (Å²) in [5.41, 5.74) is 0. The average Bonchev–Trinajstić information content (AvgIpc) is 2.68. The monoisotopic (exact) mass is 211 g/mol. The van der Waals surface area contributed by atoms with E-state index in [1.165, 1.54) is 43.4 Å². The molecular weight excluding hydrogens is 198 g/mol. The van der Waals surface area contributed by atoms with Crippen LogP contribution in [0.15, 0.2) is 6.20 Å². The van der Waals surface area contributed by atoms with E-state index in [0.29, 0.717) is 5.92 Å². The second-order valence-electron chi connectivity index (χ2n) is 3.71. The predicted octanol–water partition coefficient (Wildman–Crippen LogP) is 2.89. The van der Waals surface area contributed by atoms with E-state index in [9.17, 15) is 4.79 Å². The number of rotatable bonds is 2. The van der Waals surface area contributed by atoms with Crippen LogP contribution in [0, 0.1) is 0 Å². The largest absolute Gasteiger partial charge is 0.476 e. The normalized spacial score (nSPS) is 18.3. The molecule has 0 radical (unpaired) electrons. The quantitative estimate of drug-likeness (QED) is 0.818. The van der Waals surface area contributed by atoms with E-state index >= 15 is 0 Å². The molecule has 1 heterocycles. The summed E-state index contributed by atoms with van der Waals surface area (Å²) in [6, 6.07) is 0. The van der Waals surface area contributed by atoms with Crippen molar-refractivity contribution in [1.29, 1.82) is 0 Å². The van der Waals surface area contributed by atoms with Crippen molar-refractivity contribution < 1.29 is 9.90 Å². The fourth-order valence-electron chi connectivity index (χ4n) is 1.96. The fraction of sp³-hybridized carbons (Fsp3) is 0.600. The van der Waals surface area contributed by atoms with Crippen molar-refractivity contribution in [3.05, 3.63) is 16.1 Å². The first-order valence-electron chi connectivity index (χ1n) is 4.96. The van der Waals surface area contributed by atoms with E-state index in [0.717, 1.165) is 4.88 Å². The molecule has 1 fully saturated rings. The summed E-state index contributed by atoms with van der Waals surface area (Å²) in [6.07, 6.45) is 7.99. The van der Waals surface area contributed by atoms with Gasteiger partial charge in [0.05, 0.1) is 0 Å². The lowest BCUT2D eigenvalue weighted by Gasteiger charge is -2.19. The number of nitrogens with zero attached hydrogens (tertiary/aromatic N) is 1. The van der Waals surface area contributed by atoms with Gasteiger partial charge >= 0.3 is 5.97 Å². The molecule has 1 N–H and O–H groups in total. The topological polar surface area (TPSA) is 50.2 Å². The summed E-state index contributed by atoms with van der Waals surface area (Å²) in [6.45, 7) is 0. The second-order valence-corrected chi connectivity index (χ2v) is 4.77. The molecule has 0 atom stereocenters. The Morgan fingerprint density at radius 2 is 2.14 bits per heavy atom. The highest BCUT2D eigenvalue weighted by Gasteiger charge is 2.19. The smallest absolute Gasteiger partial charge is 0.365 e. The molecule has 1 aromatic heterocycles. The highest BCUT2D eigenvalue weighted by Crippen LogP contribution is 2.35. The molecule has 0 spiro atoms. The van der Waals surface area contributed by atoms with Crippen LogP contribution in [0.4, 0.5) is 0 Å². The molecule has 0 amide bonds. The van der Waals surface area contributed by atoms with Crippen molar-refractivity contribution >= 4 is 17.3 Å². The van der Waals surface area contributed by atoms with Crippen molar-refractivity contribution in [2.45, 2.75) is 38.0 Å². The number of hydrogen-bond donors (Lipinski definition) is 1. The van der Waals surface area contributed by atoms with Gasteiger partial charge in [0.25, 0.3) is 0 Å². The zero-order chi connectivity index (χ0) is 9.97. The number of carboxylic acid groups (broad SMARTS) is 1. The lowest BCUT2D eigenvalue weighted by Crippen LogP contribution is -2.02. The summed E-state index contributed by atoms with van der Waals surface area (Å²) in [7, 11) is 0. The van der Waals surface area contributed by atoms with Crippen LogP contribution in [0.25, 0.3) is 0 Å². The van der Waals surface area contributed by atoms with Crippen molar-refractivity contribution in [3.8, 4) is 0 Å². The molecule has 0 unspecified atom stereocenters. The Hall–Kier alpha value is -0.900. The van der Waals surface area contributed by atoms with E-state index < -0.39 is 5.97 Å². The van der Waals surface area contributed by atoms with Gasteiger partial charge in [-0.15, -0.1) is 11.3 Å². The third-order valence-electron chi connectivity index (χ3n) is 2.71. The molecule has 0 bridgehead atoms. The third-order valence-corrected chi connectivity index (χ3v) is 3.86. The summed E-state index contributed by atoms with van der Waals surface area (Å²) in [4.78, 5) is 15.7. The summed E-state index contributed by atoms with van der Waals surface area (Å²) in [5.74, 6) is -0.341. The van der Waals surface area contributed by atoms with Crippen molar-refractivity contribution in [2.75, 3.05) is 0 Å². The highest BCUT2D eigenvalue weighted by atomic mass is 32.1. The van der Waals surface area contributed by atoms with E-state index in [1.54, 1.807) is 6.20 Å².